The predicted octanol–water partition coefficient (Wildman–Crippen LogP) is 1.91. The summed E-state index contributed by atoms with van der Waals surface area (Å²) in [5.41, 5.74) is 6.26. The normalized spacial score (nSPS) is 13.9. The monoisotopic (exact) mass is 241 g/mol. The van der Waals surface area contributed by atoms with E-state index in [1.54, 1.807) is 0 Å². The number of ether oxygens (including phenoxy) is 1. The molecule has 5 heteroatoms. The smallest absolute Gasteiger partial charge is 0.228 e. The molecule has 0 saturated heterocycles. The molecule has 0 spiro atoms. The summed E-state index contributed by atoms with van der Waals surface area (Å²) in [6.07, 6.45) is 1.55. The Kier molecular flexibility index (Phi) is 5.08. The average molecular weight is 241 g/mol. The van der Waals surface area contributed by atoms with Gasteiger partial charge in [-0.25, -0.2) is 0 Å². The van der Waals surface area contributed by atoms with Crippen LogP contribution in [0.1, 0.15) is 45.8 Å². The molecule has 1 unspecified atom stereocenters. The molecule has 98 valence electrons. The van der Waals surface area contributed by atoms with Crippen molar-refractivity contribution in [2.45, 2.75) is 53.2 Å². The van der Waals surface area contributed by atoms with Gasteiger partial charge in [-0.15, -0.1) is 0 Å². The van der Waals surface area contributed by atoms with Crippen molar-refractivity contribution in [3.05, 3.63) is 11.7 Å². The van der Waals surface area contributed by atoms with Crippen molar-refractivity contribution in [2.24, 2.45) is 11.1 Å². The van der Waals surface area contributed by atoms with Gasteiger partial charge >= 0.3 is 0 Å². The minimum Gasteiger partial charge on any atom is -0.374 e. The number of nitrogens with zero attached hydrogens (tertiary/aromatic N) is 2. The summed E-state index contributed by atoms with van der Waals surface area (Å²) < 4.78 is 10.3. The molecular weight excluding hydrogens is 218 g/mol. The maximum absolute atomic E-state index is 6.04. The van der Waals surface area contributed by atoms with Crippen LogP contribution >= 0.6 is 0 Å². The molecule has 0 bridgehead atoms. The minimum atomic E-state index is 0.0513. The van der Waals surface area contributed by atoms with Crippen molar-refractivity contribution in [2.75, 3.05) is 6.61 Å². The summed E-state index contributed by atoms with van der Waals surface area (Å²) >= 11 is 0. The molecule has 0 aliphatic carbocycles. The van der Waals surface area contributed by atoms with Crippen molar-refractivity contribution in [3.63, 3.8) is 0 Å². The third kappa shape index (κ3) is 5.79. The number of rotatable bonds is 6. The van der Waals surface area contributed by atoms with E-state index >= 15 is 0 Å². The lowest BCUT2D eigenvalue weighted by Crippen LogP contribution is -2.28. The van der Waals surface area contributed by atoms with Crippen molar-refractivity contribution < 1.29 is 9.26 Å². The van der Waals surface area contributed by atoms with Crippen LogP contribution in [0.4, 0.5) is 0 Å². The van der Waals surface area contributed by atoms with E-state index in [-0.39, 0.29) is 11.5 Å². The van der Waals surface area contributed by atoms with E-state index in [0.717, 1.165) is 6.42 Å². The van der Waals surface area contributed by atoms with Crippen LogP contribution < -0.4 is 5.73 Å². The van der Waals surface area contributed by atoms with Gasteiger partial charge < -0.3 is 15.0 Å². The first-order valence-electron chi connectivity index (χ1n) is 6.05. The first kappa shape index (κ1) is 14.1. The molecule has 1 heterocycles. The van der Waals surface area contributed by atoms with Gasteiger partial charge in [0.05, 0.1) is 0 Å². The van der Waals surface area contributed by atoms with Gasteiger partial charge in [-0.3, -0.25) is 0 Å². The maximum atomic E-state index is 6.04. The first-order chi connectivity index (χ1) is 7.90. The highest BCUT2D eigenvalue weighted by Gasteiger charge is 2.18. The van der Waals surface area contributed by atoms with Crippen molar-refractivity contribution in [1.82, 2.24) is 10.1 Å². The second kappa shape index (κ2) is 6.12. The standard InChI is InChI=1S/C12H23N3O2/c1-5-16-8-10-14-11(17-15-10)6-9(13)7-12(2,3)4/h9H,5-8,13H2,1-4H3. The van der Waals surface area contributed by atoms with E-state index in [0.29, 0.717) is 31.3 Å². The lowest BCUT2D eigenvalue weighted by molar-refractivity contribution is 0.126. The van der Waals surface area contributed by atoms with Crippen molar-refractivity contribution in [3.8, 4) is 0 Å². The SMILES string of the molecule is CCOCc1noc(CC(N)CC(C)(C)C)n1. The van der Waals surface area contributed by atoms with Gasteiger partial charge in [-0.1, -0.05) is 25.9 Å². The zero-order chi connectivity index (χ0) is 12.9. The molecule has 1 aromatic rings. The summed E-state index contributed by atoms with van der Waals surface area (Å²) in [5.74, 6) is 1.18. The highest BCUT2D eigenvalue weighted by molar-refractivity contribution is 4.88. The molecular formula is C12H23N3O2. The Hall–Kier alpha value is -0.940. The molecule has 0 saturated carbocycles. The molecule has 0 aliphatic heterocycles. The largest absolute Gasteiger partial charge is 0.374 e. The zero-order valence-electron chi connectivity index (χ0n) is 11.2. The third-order valence-corrected chi connectivity index (χ3v) is 2.26. The quantitative estimate of drug-likeness (QED) is 0.823. The Morgan fingerprint density at radius 1 is 1.41 bits per heavy atom. The van der Waals surface area contributed by atoms with E-state index in [2.05, 4.69) is 30.9 Å². The number of hydrogen-bond donors (Lipinski definition) is 1. The Balaban J connectivity index is 2.43. The lowest BCUT2D eigenvalue weighted by atomic mass is 9.87. The van der Waals surface area contributed by atoms with E-state index < -0.39 is 0 Å². The predicted molar refractivity (Wildman–Crippen MR) is 65.4 cm³/mol. The molecule has 0 fully saturated rings. The van der Waals surface area contributed by atoms with Crippen LogP contribution in [0.15, 0.2) is 4.52 Å². The number of nitrogens with two attached hydrogens (primary N) is 1. The summed E-state index contributed by atoms with van der Waals surface area (Å²) in [7, 11) is 0. The van der Waals surface area contributed by atoms with E-state index in [1.807, 2.05) is 6.92 Å². The summed E-state index contributed by atoms with van der Waals surface area (Å²) in [6, 6.07) is 0.0513. The lowest BCUT2D eigenvalue weighted by Gasteiger charge is -2.21. The summed E-state index contributed by atoms with van der Waals surface area (Å²) in [5, 5.41) is 3.84. The van der Waals surface area contributed by atoms with Gasteiger partial charge in [0, 0.05) is 19.1 Å². The molecule has 0 radical (unpaired) electrons. The average Bonchev–Trinajstić information content (AvgIpc) is 2.59. The Labute approximate surface area is 103 Å². The van der Waals surface area contributed by atoms with Crippen molar-refractivity contribution >= 4 is 0 Å². The van der Waals surface area contributed by atoms with Crippen LogP contribution in [0, 0.1) is 5.41 Å². The fourth-order valence-corrected chi connectivity index (χ4v) is 1.71. The van der Waals surface area contributed by atoms with Gasteiger partial charge in [-0.2, -0.15) is 4.98 Å². The summed E-state index contributed by atoms with van der Waals surface area (Å²) in [4.78, 5) is 4.23. The van der Waals surface area contributed by atoms with Crippen molar-refractivity contribution in [1.29, 1.82) is 0 Å². The first-order valence-corrected chi connectivity index (χ1v) is 6.05. The topological polar surface area (TPSA) is 74.2 Å². The minimum absolute atomic E-state index is 0.0513. The molecule has 0 aliphatic rings. The maximum Gasteiger partial charge on any atom is 0.228 e. The van der Waals surface area contributed by atoms with Crippen LogP contribution in [0.25, 0.3) is 0 Å². The summed E-state index contributed by atoms with van der Waals surface area (Å²) in [6.45, 7) is 9.48. The second-order valence-electron chi connectivity index (χ2n) is 5.47. The van der Waals surface area contributed by atoms with Crippen LogP contribution in [0.5, 0.6) is 0 Å². The van der Waals surface area contributed by atoms with E-state index in [1.165, 1.54) is 0 Å². The van der Waals surface area contributed by atoms with Gasteiger partial charge in [0.1, 0.15) is 6.61 Å². The van der Waals surface area contributed by atoms with Gasteiger partial charge in [-0.05, 0) is 18.8 Å². The van der Waals surface area contributed by atoms with Gasteiger partial charge in [0.15, 0.2) is 5.82 Å². The molecule has 1 atom stereocenters. The molecule has 17 heavy (non-hydrogen) atoms. The highest BCUT2D eigenvalue weighted by Crippen LogP contribution is 2.21. The molecule has 0 aromatic carbocycles. The zero-order valence-corrected chi connectivity index (χ0v) is 11.2. The Bertz CT molecular complexity index is 331. The number of hydrogen-bond acceptors (Lipinski definition) is 5. The molecule has 5 nitrogen and oxygen atoms in total. The van der Waals surface area contributed by atoms with E-state index in [9.17, 15) is 0 Å². The molecule has 2 N–H and O–H groups in total. The molecule has 0 amide bonds. The molecule has 1 aromatic heterocycles. The van der Waals surface area contributed by atoms with Gasteiger partial charge in [0.2, 0.25) is 5.89 Å². The van der Waals surface area contributed by atoms with Crippen LogP contribution in [0.2, 0.25) is 0 Å². The third-order valence-electron chi connectivity index (χ3n) is 2.26. The molecule has 1 rings (SSSR count). The Morgan fingerprint density at radius 3 is 2.71 bits per heavy atom. The Morgan fingerprint density at radius 2 is 2.12 bits per heavy atom. The highest BCUT2D eigenvalue weighted by atomic mass is 16.5. The van der Waals surface area contributed by atoms with Gasteiger partial charge in [0.25, 0.3) is 0 Å². The fraction of sp³-hybridized carbons (Fsp3) is 0.833. The fourth-order valence-electron chi connectivity index (χ4n) is 1.71. The van der Waals surface area contributed by atoms with Crippen LogP contribution in [0.3, 0.4) is 0 Å². The van der Waals surface area contributed by atoms with Crippen LogP contribution in [-0.2, 0) is 17.8 Å². The van der Waals surface area contributed by atoms with Crippen LogP contribution in [-0.4, -0.2) is 22.8 Å². The van der Waals surface area contributed by atoms with E-state index in [4.69, 9.17) is 15.0 Å². The number of aromatic nitrogens is 2. The second-order valence-corrected chi connectivity index (χ2v) is 5.47.